The average Bonchev–Trinajstić information content (AvgIpc) is 2.72. The van der Waals surface area contributed by atoms with Gasteiger partial charge in [0.25, 0.3) is 0 Å². The van der Waals surface area contributed by atoms with Gasteiger partial charge >= 0.3 is 5.97 Å². The standard InChI is InChI=1S/C13H16O5/c1-5-8-7-6-9(15-2)11(16-3)12(17-4)10(7)13(14)18-8/h6,8H,5H2,1-4H3/t8-/m0/s1. The molecule has 0 unspecified atom stereocenters. The highest BCUT2D eigenvalue weighted by Crippen LogP contribution is 2.48. The van der Waals surface area contributed by atoms with E-state index in [1.54, 1.807) is 13.2 Å². The molecule has 5 nitrogen and oxygen atoms in total. The monoisotopic (exact) mass is 252 g/mol. The predicted molar refractivity (Wildman–Crippen MR) is 64.5 cm³/mol. The van der Waals surface area contributed by atoms with Crippen LogP contribution in [0.2, 0.25) is 0 Å². The summed E-state index contributed by atoms with van der Waals surface area (Å²) < 4.78 is 21.1. The van der Waals surface area contributed by atoms with E-state index in [1.165, 1.54) is 14.2 Å². The molecule has 0 aliphatic carbocycles. The maximum Gasteiger partial charge on any atom is 0.343 e. The minimum absolute atomic E-state index is 0.249. The maximum atomic E-state index is 11.9. The zero-order valence-corrected chi connectivity index (χ0v) is 10.9. The molecule has 0 amide bonds. The fourth-order valence-corrected chi connectivity index (χ4v) is 2.19. The third-order valence-corrected chi connectivity index (χ3v) is 3.03. The summed E-state index contributed by atoms with van der Waals surface area (Å²) in [5.41, 5.74) is 1.22. The molecule has 1 aliphatic rings. The lowest BCUT2D eigenvalue weighted by molar-refractivity contribution is 0.0376. The largest absolute Gasteiger partial charge is 0.493 e. The van der Waals surface area contributed by atoms with Crippen molar-refractivity contribution in [1.82, 2.24) is 0 Å². The molecule has 0 saturated carbocycles. The molecule has 0 aromatic heterocycles. The number of hydrogen-bond acceptors (Lipinski definition) is 5. The Balaban J connectivity index is 2.70. The van der Waals surface area contributed by atoms with Gasteiger partial charge in [-0.3, -0.25) is 0 Å². The van der Waals surface area contributed by atoms with Crippen LogP contribution in [-0.2, 0) is 4.74 Å². The van der Waals surface area contributed by atoms with E-state index in [-0.39, 0.29) is 12.1 Å². The van der Waals surface area contributed by atoms with E-state index in [0.29, 0.717) is 29.2 Å². The second kappa shape index (κ2) is 4.76. The molecule has 0 spiro atoms. The molecular formula is C13H16O5. The first-order chi connectivity index (χ1) is 8.67. The number of carbonyl (C=O) groups excluding carboxylic acids is 1. The summed E-state index contributed by atoms with van der Waals surface area (Å²) in [6.45, 7) is 1.95. The van der Waals surface area contributed by atoms with Crippen LogP contribution in [0.25, 0.3) is 0 Å². The summed E-state index contributed by atoms with van der Waals surface area (Å²) in [6.07, 6.45) is 0.457. The molecule has 1 aromatic carbocycles. The highest BCUT2D eigenvalue weighted by Gasteiger charge is 2.36. The summed E-state index contributed by atoms with van der Waals surface area (Å²) in [7, 11) is 4.54. The molecule has 2 rings (SSSR count). The van der Waals surface area contributed by atoms with Crippen LogP contribution in [0.15, 0.2) is 6.07 Å². The van der Waals surface area contributed by atoms with E-state index in [4.69, 9.17) is 18.9 Å². The van der Waals surface area contributed by atoms with Crippen molar-refractivity contribution < 1.29 is 23.7 Å². The summed E-state index contributed by atoms with van der Waals surface area (Å²) in [5.74, 6) is 0.930. The van der Waals surface area contributed by atoms with Gasteiger partial charge < -0.3 is 18.9 Å². The van der Waals surface area contributed by atoms with E-state index in [9.17, 15) is 4.79 Å². The van der Waals surface area contributed by atoms with Gasteiger partial charge in [0.15, 0.2) is 11.5 Å². The predicted octanol–water partition coefficient (Wildman–Crippen LogP) is 2.33. The number of rotatable bonds is 4. The number of methoxy groups -OCH3 is 3. The van der Waals surface area contributed by atoms with Crippen LogP contribution in [0.4, 0.5) is 0 Å². The van der Waals surface area contributed by atoms with Crippen molar-refractivity contribution in [2.75, 3.05) is 21.3 Å². The van der Waals surface area contributed by atoms with Crippen LogP contribution >= 0.6 is 0 Å². The SMILES string of the molecule is CC[C@@H]1OC(=O)c2c1cc(OC)c(OC)c2OC. The van der Waals surface area contributed by atoms with E-state index in [1.807, 2.05) is 6.92 Å². The van der Waals surface area contributed by atoms with Crippen molar-refractivity contribution in [3.8, 4) is 17.2 Å². The van der Waals surface area contributed by atoms with Gasteiger partial charge in [-0.1, -0.05) is 6.92 Å². The molecule has 5 heteroatoms. The summed E-state index contributed by atoms with van der Waals surface area (Å²) in [6, 6.07) is 1.77. The second-order valence-corrected chi connectivity index (χ2v) is 3.91. The lowest BCUT2D eigenvalue weighted by Crippen LogP contribution is -2.02. The first-order valence-electron chi connectivity index (χ1n) is 5.71. The van der Waals surface area contributed by atoms with Gasteiger partial charge in [-0.25, -0.2) is 4.79 Å². The molecule has 0 N–H and O–H groups in total. The zero-order chi connectivity index (χ0) is 13.3. The lowest BCUT2D eigenvalue weighted by Gasteiger charge is -2.15. The normalized spacial score (nSPS) is 17.1. The fourth-order valence-electron chi connectivity index (χ4n) is 2.19. The molecular weight excluding hydrogens is 236 g/mol. The number of carbonyl (C=O) groups is 1. The Labute approximate surface area is 106 Å². The maximum absolute atomic E-state index is 11.9. The minimum atomic E-state index is -0.380. The van der Waals surface area contributed by atoms with Gasteiger partial charge in [0.05, 0.1) is 21.3 Å². The summed E-state index contributed by atoms with van der Waals surface area (Å²) >= 11 is 0. The van der Waals surface area contributed by atoms with Crippen LogP contribution < -0.4 is 14.2 Å². The van der Waals surface area contributed by atoms with Crippen molar-refractivity contribution in [3.63, 3.8) is 0 Å². The lowest BCUT2D eigenvalue weighted by atomic mass is 10.0. The Bertz CT molecular complexity index is 481. The van der Waals surface area contributed by atoms with Crippen molar-refractivity contribution in [2.24, 2.45) is 0 Å². The van der Waals surface area contributed by atoms with Crippen molar-refractivity contribution in [2.45, 2.75) is 19.4 Å². The summed E-state index contributed by atoms with van der Waals surface area (Å²) in [5, 5.41) is 0. The van der Waals surface area contributed by atoms with Crippen molar-refractivity contribution in [3.05, 3.63) is 17.2 Å². The number of esters is 1. The molecule has 0 saturated heterocycles. The molecule has 98 valence electrons. The topological polar surface area (TPSA) is 54.0 Å². The minimum Gasteiger partial charge on any atom is -0.493 e. The fraction of sp³-hybridized carbons (Fsp3) is 0.462. The Morgan fingerprint density at radius 1 is 1.17 bits per heavy atom. The van der Waals surface area contributed by atoms with Crippen molar-refractivity contribution in [1.29, 1.82) is 0 Å². The molecule has 0 fully saturated rings. The molecule has 1 heterocycles. The Hall–Kier alpha value is -1.91. The van der Waals surface area contributed by atoms with Gasteiger partial charge in [-0.05, 0) is 12.5 Å². The third-order valence-electron chi connectivity index (χ3n) is 3.03. The number of fused-ring (bicyclic) bond motifs is 1. The number of benzene rings is 1. The van der Waals surface area contributed by atoms with E-state index < -0.39 is 0 Å². The van der Waals surface area contributed by atoms with Gasteiger partial charge in [0, 0.05) is 5.56 Å². The number of cyclic esters (lactones) is 1. The molecule has 1 aliphatic heterocycles. The average molecular weight is 252 g/mol. The molecule has 1 atom stereocenters. The van der Waals surface area contributed by atoms with Crippen LogP contribution in [0, 0.1) is 0 Å². The Morgan fingerprint density at radius 2 is 1.83 bits per heavy atom. The Kier molecular flexibility index (Phi) is 3.32. The van der Waals surface area contributed by atoms with Crippen LogP contribution in [-0.4, -0.2) is 27.3 Å². The first-order valence-corrected chi connectivity index (χ1v) is 5.71. The Morgan fingerprint density at radius 3 is 2.33 bits per heavy atom. The number of ether oxygens (including phenoxy) is 4. The first kappa shape index (κ1) is 12.5. The van der Waals surface area contributed by atoms with E-state index in [2.05, 4.69) is 0 Å². The van der Waals surface area contributed by atoms with Gasteiger partial charge in [0.1, 0.15) is 11.7 Å². The van der Waals surface area contributed by atoms with Crippen LogP contribution in [0.3, 0.4) is 0 Å². The quantitative estimate of drug-likeness (QED) is 0.770. The smallest absolute Gasteiger partial charge is 0.343 e. The van der Waals surface area contributed by atoms with Gasteiger partial charge in [-0.15, -0.1) is 0 Å². The van der Waals surface area contributed by atoms with Gasteiger partial charge in [-0.2, -0.15) is 0 Å². The summed E-state index contributed by atoms with van der Waals surface area (Å²) in [4.78, 5) is 11.9. The third kappa shape index (κ3) is 1.66. The molecule has 0 radical (unpaired) electrons. The molecule has 0 bridgehead atoms. The van der Waals surface area contributed by atoms with Crippen LogP contribution in [0.1, 0.15) is 35.4 Å². The molecule has 1 aromatic rings. The van der Waals surface area contributed by atoms with Crippen molar-refractivity contribution >= 4 is 5.97 Å². The van der Waals surface area contributed by atoms with E-state index >= 15 is 0 Å². The highest BCUT2D eigenvalue weighted by molar-refractivity contribution is 5.98. The number of hydrogen-bond donors (Lipinski definition) is 0. The van der Waals surface area contributed by atoms with Gasteiger partial charge in [0.2, 0.25) is 5.75 Å². The van der Waals surface area contributed by atoms with E-state index in [0.717, 1.165) is 5.56 Å². The molecule has 18 heavy (non-hydrogen) atoms. The second-order valence-electron chi connectivity index (χ2n) is 3.91. The highest BCUT2D eigenvalue weighted by atomic mass is 16.6. The van der Waals surface area contributed by atoms with Crippen LogP contribution in [0.5, 0.6) is 17.2 Å². The zero-order valence-electron chi connectivity index (χ0n) is 10.9.